The summed E-state index contributed by atoms with van der Waals surface area (Å²) in [6.07, 6.45) is 11.7. The van der Waals surface area contributed by atoms with Gasteiger partial charge in [0, 0.05) is 96.7 Å². The monoisotopic (exact) mass is 682 g/mol. The number of anilines is 3. The van der Waals surface area contributed by atoms with Gasteiger partial charge in [-0.3, -0.25) is 24.5 Å². The third-order valence-corrected chi connectivity index (χ3v) is 12.2. The van der Waals surface area contributed by atoms with Crippen molar-refractivity contribution in [2.24, 2.45) is 18.4 Å². The number of nitrogens with one attached hydrogen (secondary N) is 1. The van der Waals surface area contributed by atoms with Gasteiger partial charge in [-0.05, 0) is 98.7 Å². The van der Waals surface area contributed by atoms with Crippen LogP contribution in [0.15, 0.2) is 42.7 Å². The molecule has 3 unspecified atom stereocenters. The number of nitrogens with zero attached hydrogens (tertiary/aromatic N) is 6. The van der Waals surface area contributed by atoms with Crippen molar-refractivity contribution in [2.75, 3.05) is 68.5 Å². The normalized spacial score (nSPS) is 26.9. The Morgan fingerprint density at radius 3 is 2.40 bits per heavy atom. The molecule has 0 bridgehead atoms. The fraction of sp³-hybridized carbons (Fsp3) is 0.564. The van der Waals surface area contributed by atoms with Crippen LogP contribution >= 0.6 is 0 Å². The molecule has 3 N–H and O–H groups in total. The maximum absolute atomic E-state index is 12.6. The molecule has 2 aromatic carbocycles. The average Bonchev–Trinajstić information content (AvgIpc) is 3.69. The summed E-state index contributed by atoms with van der Waals surface area (Å²) < 4.78 is 25.2. The predicted octanol–water partition coefficient (Wildman–Crippen LogP) is 4.40. The van der Waals surface area contributed by atoms with Gasteiger partial charge in [0.1, 0.15) is 5.75 Å². The fourth-order valence-electron chi connectivity index (χ4n) is 8.98. The highest BCUT2D eigenvalue weighted by Gasteiger charge is 2.39. The van der Waals surface area contributed by atoms with Gasteiger partial charge in [-0.1, -0.05) is 6.07 Å². The Morgan fingerprint density at radius 2 is 1.70 bits per heavy atom. The molecule has 5 aliphatic heterocycles. The number of aromatic nitrogens is 2. The zero-order chi connectivity index (χ0) is 36.1. The number of fused-ring (bicyclic) bond motifs is 1. The van der Waals surface area contributed by atoms with Crippen LogP contribution in [0.1, 0.15) is 65.2 Å². The van der Waals surface area contributed by atoms with Crippen LogP contribution in [0.25, 0.3) is 11.1 Å². The van der Waals surface area contributed by atoms with E-state index in [2.05, 4.69) is 43.3 Å². The minimum Gasteiger partial charge on any atom is -0.495 e. The number of aryl methyl sites for hydroxylation is 1. The lowest BCUT2D eigenvalue weighted by Gasteiger charge is -2.48. The number of amides is 2. The highest BCUT2D eigenvalue weighted by molar-refractivity contribution is 6.00. The number of hydrogen-bond acceptors (Lipinski definition) is 9. The average molecular weight is 683 g/mol. The summed E-state index contributed by atoms with van der Waals surface area (Å²) in [6.45, 7) is 5.96. The van der Waals surface area contributed by atoms with Crippen LogP contribution in [0.5, 0.6) is 5.75 Å². The first-order valence-electron chi connectivity index (χ1n) is 19.5. The summed E-state index contributed by atoms with van der Waals surface area (Å²) in [5.74, 6) is 0.747. The minimum absolute atomic E-state index is 0.247. The Balaban J connectivity index is 0.830. The van der Waals surface area contributed by atoms with E-state index in [1.165, 1.54) is 58.2 Å². The van der Waals surface area contributed by atoms with Gasteiger partial charge < -0.3 is 25.2 Å². The molecule has 4 saturated heterocycles. The molecular formula is C39H52N8O3. The van der Waals surface area contributed by atoms with Crippen LogP contribution in [0, 0.1) is 11.3 Å². The molecular weight excluding hydrogens is 628 g/mol. The van der Waals surface area contributed by atoms with Gasteiger partial charge in [0.15, 0.2) is 0 Å². The largest absolute Gasteiger partial charge is 0.495 e. The van der Waals surface area contributed by atoms with E-state index in [-0.39, 0.29) is 18.2 Å². The molecule has 3 atom stereocenters. The molecule has 0 aliphatic carbocycles. The molecule has 5 aliphatic rings. The quantitative estimate of drug-likeness (QED) is 0.277. The van der Waals surface area contributed by atoms with E-state index in [0.717, 1.165) is 59.8 Å². The number of carbonyl (C=O) groups excluding carboxylic acids is 2. The first kappa shape index (κ1) is 30.7. The smallest absolute Gasteiger partial charge is 0.243 e. The van der Waals surface area contributed by atoms with Crippen LogP contribution in [-0.4, -0.2) is 90.4 Å². The van der Waals surface area contributed by atoms with Crippen molar-refractivity contribution >= 4 is 28.9 Å². The number of rotatable bonds is 7. The maximum Gasteiger partial charge on any atom is 0.243 e. The van der Waals surface area contributed by atoms with Crippen LogP contribution in [-0.2, 0) is 29.7 Å². The number of benzene rings is 2. The van der Waals surface area contributed by atoms with E-state index in [9.17, 15) is 9.59 Å². The van der Waals surface area contributed by atoms with Gasteiger partial charge in [0.05, 0.1) is 25.0 Å². The maximum atomic E-state index is 12.6. The molecule has 8 rings (SSSR count). The first-order chi connectivity index (χ1) is 25.1. The summed E-state index contributed by atoms with van der Waals surface area (Å²) in [5, 5.41) is 6.80. The molecule has 0 saturated carbocycles. The van der Waals surface area contributed by atoms with E-state index in [0.29, 0.717) is 29.2 Å². The topological polar surface area (TPSA) is 112 Å². The standard InChI is InChI=1S/C39H52N8O3/c1-43-24-30(22-41-43)32-20-33(40)36(50-2)21-35(32)46-13-7-27(8-14-46)23-44-15-9-39(10-16-44)11-17-45(18-12-39)31-4-3-28-25-47(26-29(28)19-31)34-5-6-37(48)42-38(34)49/h3-4,19-22,24,27,34H,5-18,23,25-26,40H2,1-2H3,(H,42,48,49)/i25D,26D. The van der Waals surface area contributed by atoms with Crippen molar-refractivity contribution in [3.8, 4) is 16.9 Å². The molecule has 4 fully saturated rings. The van der Waals surface area contributed by atoms with Crippen molar-refractivity contribution in [1.82, 2.24) is 24.9 Å². The molecule has 1 aromatic heterocycles. The van der Waals surface area contributed by atoms with Crippen molar-refractivity contribution in [3.63, 3.8) is 0 Å². The second kappa shape index (κ2) is 13.6. The number of methoxy groups -OCH3 is 1. The third-order valence-electron chi connectivity index (χ3n) is 12.2. The molecule has 11 heteroatoms. The zero-order valence-corrected chi connectivity index (χ0v) is 29.4. The van der Waals surface area contributed by atoms with Crippen LogP contribution < -0.4 is 25.6 Å². The van der Waals surface area contributed by atoms with E-state index >= 15 is 0 Å². The Kier molecular flexibility index (Phi) is 8.33. The Labute approximate surface area is 298 Å². The molecule has 50 heavy (non-hydrogen) atoms. The second-order valence-corrected chi connectivity index (χ2v) is 15.2. The van der Waals surface area contributed by atoms with Crippen molar-refractivity contribution in [2.45, 2.75) is 70.5 Å². The van der Waals surface area contributed by atoms with Crippen molar-refractivity contribution in [1.29, 1.82) is 0 Å². The van der Waals surface area contributed by atoms with Crippen LogP contribution in [0.3, 0.4) is 0 Å². The fourth-order valence-corrected chi connectivity index (χ4v) is 8.98. The van der Waals surface area contributed by atoms with Gasteiger partial charge in [-0.15, -0.1) is 0 Å². The number of piperidine rings is 4. The number of carbonyl (C=O) groups is 2. The van der Waals surface area contributed by atoms with Gasteiger partial charge in [-0.25, -0.2) is 0 Å². The summed E-state index contributed by atoms with van der Waals surface area (Å²) in [6, 6.07) is 9.64. The lowest BCUT2D eigenvalue weighted by molar-refractivity contribution is -0.137. The summed E-state index contributed by atoms with van der Waals surface area (Å²) in [5.41, 5.74) is 13.4. The SMILES string of the molecule is [2H]C1c2ccc(N3CCC4(CCN(CC5CCN(c6cc(OC)c(N)cc6-c6cnn(C)c6)CC5)CC4)CC3)cc2C([2H])N1C1CCC(=O)NC1=O. The zero-order valence-electron chi connectivity index (χ0n) is 31.4. The number of ether oxygens (including phenoxy) is 1. The molecule has 1 spiro atoms. The molecule has 11 nitrogen and oxygen atoms in total. The van der Waals surface area contributed by atoms with E-state index in [1.54, 1.807) is 12.0 Å². The molecule has 3 aromatic rings. The third kappa shape index (κ3) is 6.57. The Morgan fingerprint density at radius 1 is 0.960 bits per heavy atom. The highest BCUT2D eigenvalue weighted by atomic mass is 16.5. The van der Waals surface area contributed by atoms with E-state index in [1.807, 2.05) is 36.3 Å². The highest BCUT2D eigenvalue weighted by Crippen LogP contribution is 2.44. The Bertz CT molecular complexity index is 1810. The van der Waals surface area contributed by atoms with Gasteiger partial charge in [0.25, 0.3) is 0 Å². The number of nitrogens with two attached hydrogens (primary N) is 1. The van der Waals surface area contributed by atoms with Gasteiger partial charge in [-0.2, -0.15) is 5.10 Å². The number of nitrogen functional groups attached to an aromatic ring is 1. The van der Waals surface area contributed by atoms with Crippen LogP contribution in [0.4, 0.5) is 17.1 Å². The predicted molar refractivity (Wildman–Crippen MR) is 196 cm³/mol. The Hall–Kier alpha value is -4.09. The van der Waals surface area contributed by atoms with E-state index < -0.39 is 19.1 Å². The lowest BCUT2D eigenvalue weighted by atomic mass is 9.71. The molecule has 2 amide bonds. The lowest BCUT2D eigenvalue weighted by Crippen LogP contribution is -2.50. The van der Waals surface area contributed by atoms with Crippen LogP contribution in [0.2, 0.25) is 0 Å². The first-order valence-corrected chi connectivity index (χ1v) is 18.4. The number of imide groups is 1. The van der Waals surface area contributed by atoms with E-state index in [4.69, 9.17) is 13.2 Å². The minimum atomic E-state index is -0.792. The van der Waals surface area contributed by atoms with Crippen molar-refractivity contribution in [3.05, 3.63) is 53.9 Å². The summed E-state index contributed by atoms with van der Waals surface area (Å²) >= 11 is 0. The number of likely N-dealkylation sites (tertiary alicyclic amines) is 1. The molecule has 6 heterocycles. The summed E-state index contributed by atoms with van der Waals surface area (Å²) in [7, 11) is 3.61. The van der Waals surface area contributed by atoms with Gasteiger partial charge >= 0.3 is 0 Å². The molecule has 266 valence electrons. The second-order valence-electron chi connectivity index (χ2n) is 15.2. The van der Waals surface area contributed by atoms with Gasteiger partial charge in [0.2, 0.25) is 11.8 Å². The number of hydrogen-bond donors (Lipinski definition) is 2. The molecule has 0 radical (unpaired) electrons. The summed E-state index contributed by atoms with van der Waals surface area (Å²) in [4.78, 5) is 33.6. The van der Waals surface area contributed by atoms with Crippen molar-refractivity contribution < 1.29 is 17.1 Å².